The van der Waals surface area contributed by atoms with Crippen molar-refractivity contribution in [2.45, 2.75) is 52.7 Å². The minimum atomic E-state index is -0.746. The van der Waals surface area contributed by atoms with Crippen molar-refractivity contribution in [1.29, 1.82) is 0 Å². The van der Waals surface area contributed by atoms with Gasteiger partial charge in [0.2, 0.25) is 0 Å². The average Bonchev–Trinajstić information content (AvgIpc) is 3.31. The smallest absolute Gasteiger partial charge is 0.508 e. The number of phenolic OH excluding ortho intramolecular Hbond substituents is 1. The van der Waals surface area contributed by atoms with Gasteiger partial charge in [0.05, 0.1) is 20.3 Å². The third-order valence-corrected chi connectivity index (χ3v) is 6.32. The first-order valence-electron chi connectivity index (χ1n) is 14.6. The maximum atomic E-state index is 11.1. The summed E-state index contributed by atoms with van der Waals surface area (Å²) in [7, 11) is 3.41. The molecule has 0 spiro atoms. The summed E-state index contributed by atoms with van der Waals surface area (Å²) in [5.41, 5.74) is 6.38. The summed E-state index contributed by atoms with van der Waals surface area (Å²) in [6.45, 7) is 9.14. The number of rotatable bonds is 6. The number of aliphatic hydroxyl groups is 1. The summed E-state index contributed by atoms with van der Waals surface area (Å²) in [5.74, 6) is 2.76. The Labute approximate surface area is 301 Å². The zero-order valence-corrected chi connectivity index (χ0v) is 30.6. The van der Waals surface area contributed by atoms with E-state index in [1.54, 1.807) is 66.2 Å². The van der Waals surface area contributed by atoms with Crippen molar-refractivity contribution >= 4 is 18.7 Å². The molecule has 0 heterocycles. The van der Waals surface area contributed by atoms with Crippen LogP contribution in [-0.4, -0.2) is 55.4 Å². The molecule has 1 radical (unpaired) electrons. The molecule has 9 nitrogen and oxygen atoms in total. The Morgan fingerprint density at radius 2 is 1.09 bits per heavy atom. The molecule has 47 heavy (non-hydrogen) atoms. The van der Waals surface area contributed by atoms with E-state index in [9.17, 15) is 14.4 Å². The topological polar surface area (TPSA) is 129 Å². The minimum absolute atomic E-state index is 0. The number of methoxy groups -OCH3 is 2. The molecule has 0 aromatic heterocycles. The number of aliphatic hydroxyl groups excluding tert-OH is 1. The largest absolute Gasteiger partial charge is 0.514 e. The number of hydrogen-bond acceptors (Lipinski definition) is 9. The Kier molecular flexibility index (Phi) is 18.3. The van der Waals surface area contributed by atoms with Crippen LogP contribution in [0.4, 0.5) is 4.79 Å². The summed E-state index contributed by atoms with van der Waals surface area (Å²) < 4.78 is 20.2. The SMILES string of the molecule is CC(C)O.CC(C)OC(=O)Oc1ccc(C=O)cc1.COc1ccc2c(c1)C(C)c1cc(OC)ccc1-2.O=Cc1ccc(O)cc1.[Y]. The Morgan fingerprint density at radius 3 is 1.45 bits per heavy atom. The van der Waals surface area contributed by atoms with Crippen LogP contribution in [0, 0.1) is 0 Å². The molecule has 247 valence electrons. The van der Waals surface area contributed by atoms with Crippen LogP contribution >= 0.6 is 0 Å². The standard InChI is InChI=1S/C16H16O2.C11H12O4.C7H6O2.C3H8O.Y/c1-10-15-8-11(17-2)4-6-13(15)14-7-5-12(18-3)9-16(10)14;1-8(2)14-11(13)15-10-5-3-9(7-12)4-6-10;8-5-6-1-3-7(9)4-2-6;1-3(2)4;/h4-10H,1-3H3;3-8H,1-2H3;1-5,9H;3-4H,1-2H3;. The first-order valence-corrected chi connectivity index (χ1v) is 14.6. The van der Waals surface area contributed by atoms with Crippen LogP contribution in [0.15, 0.2) is 84.9 Å². The van der Waals surface area contributed by atoms with Crippen molar-refractivity contribution in [2.75, 3.05) is 14.2 Å². The molecule has 0 aliphatic heterocycles. The van der Waals surface area contributed by atoms with Crippen molar-refractivity contribution in [3.8, 4) is 34.1 Å². The van der Waals surface area contributed by atoms with Gasteiger partial charge in [0.15, 0.2) is 0 Å². The van der Waals surface area contributed by atoms with E-state index >= 15 is 0 Å². The number of phenols is 1. The average molecular weight is 720 g/mol. The summed E-state index contributed by atoms with van der Waals surface area (Å²) in [6.07, 6.45) is 0.325. The van der Waals surface area contributed by atoms with Crippen molar-refractivity contribution in [2.24, 2.45) is 0 Å². The van der Waals surface area contributed by atoms with Crippen molar-refractivity contribution in [3.63, 3.8) is 0 Å². The van der Waals surface area contributed by atoms with E-state index in [4.69, 9.17) is 29.2 Å². The van der Waals surface area contributed by atoms with Gasteiger partial charge in [-0.15, -0.1) is 0 Å². The fraction of sp³-hybridized carbons (Fsp3) is 0.270. The molecule has 0 bridgehead atoms. The first kappa shape index (κ1) is 41.0. The van der Waals surface area contributed by atoms with Gasteiger partial charge in [-0.3, -0.25) is 9.59 Å². The maximum absolute atomic E-state index is 11.1. The molecule has 2 N–H and O–H groups in total. The molecule has 0 amide bonds. The van der Waals surface area contributed by atoms with E-state index in [0.29, 0.717) is 22.8 Å². The second-order valence-electron chi connectivity index (χ2n) is 10.6. The number of aromatic hydroxyl groups is 1. The van der Waals surface area contributed by atoms with E-state index in [-0.39, 0.29) is 50.7 Å². The van der Waals surface area contributed by atoms with Gasteiger partial charge in [-0.25, -0.2) is 4.79 Å². The van der Waals surface area contributed by atoms with Crippen molar-refractivity contribution in [3.05, 3.63) is 107 Å². The summed E-state index contributed by atoms with van der Waals surface area (Å²) in [4.78, 5) is 31.5. The van der Waals surface area contributed by atoms with Crippen LogP contribution in [0.25, 0.3) is 11.1 Å². The number of carbonyl (C=O) groups is 3. The van der Waals surface area contributed by atoms with Gasteiger partial charge >= 0.3 is 6.16 Å². The van der Waals surface area contributed by atoms with Crippen LogP contribution in [0.1, 0.15) is 72.4 Å². The van der Waals surface area contributed by atoms with Crippen molar-refractivity contribution in [1.82, 2.24) is 0 Å². The molecular weight excluding hydrogens is 677 g/mol. The molecule has 1 aliphatic carbocycles. The number of benzene rings is 4. The molecular formula is C37H42O9Y. The monoisotopic (exact) mass is 719 g/mol. The number of carbonyl (C=O) groups excluding carboxylic acids is 3. The molecule has 0 atom stereocenters. The quantitative estimate of drug-likeness (QED) is 0.116. The molecule has 0 saturated heterocycles. The Hall–Kier alpha value is -4.05. The number of fused-ring (bicyclic) bond motifs is 3. The van der Waals surface area contributed by atoms with Gasteiger partial charge < -0.3 is 29.2 Å². The second kappa shape index (κ2) is 21.0. The van der Waals surface area contributed by atoms with Crippen molar-refractivity contribution < 1.29 is 76.3 Å². The van der Waals surface area contributed by atoms with Gasteiger partial charge in [0.25, 0.3) is 0 Å². The van der Waals surface area contributed by atoms with E-state index in [1.807, 2.05) is 12.1 Å². The fourth-order valence-corrected chi connectivity index (χ4v) is 4.19. The third kappa shape index (κ3) is 13.7. The van der Waals surface area contributed by atoms with Gasteiger partial charge in [-0.05, 0) is 123 Å². The Bertz CT molecular complexity index is 1490. The van der Waals surface area contributed by atoms with E-state index in [0.717, 1.165) is 24.1 Å². The predicted octanol–water partition coefficient (Wildman–Crippen LogP) is 7.85. The Morgan fingerprint density at radius 1 is 0.702 bits per heavy atom. The molecule has 1 aliphatic rings. The minimum Gasteiger partial charge on any atom is -0.508 e. The second-order valence-corrected chi connectivity index (χ2v) is 10.6. The summed E-state index contributed by atoms with van der Waals surface area (Å²) in [5, 5.41) is 16.8. The predicted molar refractivity (Wildman–Crippen MR) is 177 cm³/mol. The normalized spacial score (nSPS) is 10.6. The maximum Gasteiger partial charge on any atom is 0.514 e. The molecule has 10 heteroatoms. The summed E-state index contributed by atoms with van der Waals surface area (Å²) >= 11 is 0. The van der Waals surface area contributed by atoms with E-state index in [2.05, 4.69) is 31.2 Å². The zero-order chi connectivity index (χ0) is 34.2. The molecule has 0 fully saturated rings. The van der Waals surface area contributed by atoms with Gasteiger partial charge in [-0.2, -0.15) is 0 Å². The van der Waals surface area contributed by atoms with Gasteiger partial charge in [-0.1, -0.05) is 19.1 Å². The Balaban J connectivity index is 0.000000344. The van der Waals surface area contributed by atoms with Crippen LogP contribution < -0.4 is 14.2 Å². The molecule has 0 saturated carbocycles. The number of aldehydes is 2. The third-order valence-electron chi connectivity index (χ3n) is 6.32. The fourth-order valence-electron chi connectivity index (χ4n) is 4.19. The summed E-state index contributed by atoms with van der Waals surface area (Å²) in [6, 6.07) is 24.8. The van der Waals surface area contributed by atoms with E-state index in [1.165, 1.54) is 46.5 Å². The van der Waals surface area contributed by atoms with Crippen LogP contribution in [0.5, 0.6) is 23.0 Å². The molecule has 4 aromatic carbocycles. The van der Waals surface area contributed by atoms with Crippen LogP contribution in [0.2, 0.25) is 0 Å². The van der Waals surface area contributed by atoms with Gasteiger partial charge in [0.1, 0.15) is 35.6 Å². The number of ether oxygens (including phenoxy) is 4. The molecule has 0 unspecified atom stereocenters. The van der Waals surface area contributed by atoms with Gasteiger partial charge in [0, 0.05) is 55.9 Å². The zero-order valence-electron chi connectivity index (χ0n) is 27.8. The van der Waals surface area contributed by atoms with Crippen LogP contribution in [0.3, 0.4) is 0 Å². The number of hydrogen-bond donors (Lipinski definition) is 2. The van der Waals surface area contributed by atoms with E-state index < -0.39 is 6.16 Å². The first-order chi connectivity index (χ1) is 21.9. The molecule has 5 rings (SSSR count). The molecule has 4 aromatic rings. The van der Waals surface area contributed by atoms with Crippen LogP contribution in [-0.2, 0) is 37.4 Å².